The van der Waals surface area contributed by atoms with Crippen LogP contribution in [0.25, 0.3) is 43.7 Å². The molecule has 1 aliphatic carbocycles. The summed E-state index contributed by atoms with van der Waals surface area (Å²) in [6, 6.07) is 20.0. The van der Waals surface area contributed by atoms with Gasteiger partial charge in [-0.3, -0.25) is 0 Å². The summed E-state index contributed by atoms with van der Waals surface area (Å²) < 4.78 is 8.45. The second kappa shape index (κ2) is 5.63. The van der Waals surface area contributed by atoms with Crippen LogP contribution in [-0.2, 0) is 7.05 Å². The molecule has 0 bridgehead atoms. The molecule has 2 aromatic heterocycles. The lowest BCUT2D eigenvalue weighted by Gasteiger charge is -2.22. The lowest BCUT2D eigenvalue weighted by Crippen LogP contribution is -2.04. The summed E-state index contributed by atoms with van der Waals surface area (Å²) in [5.74, 6) is 0.737. The van der Waals surface area contributed by atoms with Crippen LogP contribution in [0.3, 0.4) is 0 Å². The van der Waals surface area contributed by atoms with Crippen molar-refractivity contribution in [2.75, 3.05) is 0 Å². The largest absolute Gasteiger partial charge is 0.456 e. The van der Waals surface area contributed by atoms with Gasteiger partial charge >= 0.3 is 0 Å². The number of para-hydroxylation sites is 1. The molecule has 5 aromatic rings. The number of hydrogen-bond donors (Lipinski definition) is 0. The highest BCUT2D eigenvalue weighted by atomic mass is 16.3. The van der Waals surface area contributed by atoms with Gasteiger partial charge in [-0.25, -0.2) is 0 Å². The minimum Gasteiger partial charge on any atom is -0.456 e. The van der Waals surface area contributed by atoms with Gasteiger partial charge in [0, 0.05) is 40.2 Å². The molecule has 0 amide bonds. The molecule has 27 heavy (non-hydrogen) atoms. The summed E-state index contributed by atoms with van der Waals surface area (Å²) in [7, 11) is 2.18. The molecule has 3 aromatic carbocycles. The monoisotopic (exact) mass is 353 g/mol. The first kappa shape index (κ1) is 15.3. The molecule has 134 valence electrons. The standard InChI is InChI=1S/C25H23NO/c1-26-22-13-17(16-7-3-2-4-8-16)11-12-18(22)20-14-21-19-9-5-6-10-24(19)27-25(21)15-23(20)26/h5-6,9-16H,2-4,7-8H2,1H3. The number of aryl methyl sites for hydroxylation is 1. The molecule has 2 heterocycles. The van der Waals surface area contributed by atoms with Crippen LogP contribution in [0, 0.1) is 0 Å². The molecule has 0 atom stereocenters. The molecule has 0 unspecified atom stereocenters. The van der Waals surface area contributed by atoms with Gasteiger partial charge in [-0.2, -0.15) is 0 Å². The van der Waals surface area contributed by atoms with E-state index < -0.39 is 0 Å². The van der Waals surface area contributed by atoms with Crippen molar-refractivity contribution in [3.8, 4) is 0 Å². The Hall–Kier alpha value is -2.74. The Kier molecular flexibility index (Phi) is 3.19. The zero-order chi connectivity index (χ0) is 18.0. The van der Waals surface area contributed by atoms with Crippen molar-refractivity contribution in [3.63, 3.8) is 0 Å². The average molecular weight is 353 g/mol. The number of rotatable bonds is 1. The van der Waals surface area contributed by atoms with E-state index in [1.54, 1.807) is 0 Å². The summed E-state index contributed by atoms with van der Waals surface area (Å²) in [5, 5.41) is 5.08. The highest BCUT2D eigenvalue weighted by Crippen LogP contribution is 2.39. The predicted molar refractivity (Wildman–Crippen MR) is 114 cm³/mol. The zero-order valence-electron chi connectivity index (χ0n) is 15.7. The number of aromatic nitrogens is 1. The highest BCUT2D eigenvalue weighted by Gasteiger charge is 2.18. The first-order valence-corrected chi connectivity index (χ1v) is 10.1. The van der Waals surface area contributed by atoms with Gasteiger partial charge in [-0.1, -0.05) is 49.6 Å². The third kappa shape index (κ3) is 2.19. The Morgan fingerprint density at radius 1 is 0.741 bits per heavy atom. The number of fused-ring (bicyclic) bond motifs is 6. The van der Waals surface area contributed by atoms with Crippen LogP contribution in [-0.4, -0.2) is 4.57 Å². The van der Waals surface area contributed by atoms with Gasteiger partial charge in [-0.15, -0.1) is 0 Å². The molecule has 0 saturated heterocycles. The van der Waals surface area contributed by atoms with Gasteiger partial charge in [0.1, 0.15) is 11.2 Å². The van der Waals surface area contributed by atoms with E-state index in [0.717, 1.165) is 17.1 Å². The van der Waals surface area contributed by atoms with E-state index in [0.29, 0.717) is 0 Å². The van der Waals surface area contributed by atoms with Crippen LogP contribution in [0.5, 0.6) is 0 Å². The Labute approximate surface area is 158 Å². The van der Waals surface area contributed by atoms with Crippen molar-refractivity contribution in [1.29, 1.82) is 0 Å². The van der Waals surface area contributed by atoms with Gasteiger partial charge in [-0.05, 0) is 42.5 Å². The third-order valence-corrected chi connectivity index (χ3v) is 6.61. The highest BCUT2D eigenvalue weighted by molar-refractivity contribution is 6.16. The lowest BCUT2D eigenvalue weighted by atomic mass is 9.84. The summed E-state index contributed by atoms with van der Waals surface area (Å²) in [5.41, 5.74) is 6.04. The van der Waals surface area contributed by atoms with E-state index >= 15 is 0 Å². The molecule has 2 nitrogen and oxygen atoms in total. The fourth-order valence-corrected chi connectivity index (χ4v) is 5.13. The van der Waals surface area contributed by atoms with Gasteiger partial charge in [0.2, 0.25) is 0 Å². The second-order valence-electron chi connectivity index (χ2n) is 8.13. The van der Waals surface area contributed by atoms with E-state index in [-0.39, 0.29) is 0 Å². The van der Waals surface area contributed by atoms with E-state index in [9.17, 15) is 0 Å². The Morgan fingerprint density at radius 2 is 1.56 bits per heavy atom. The molecule has 0 aliphatic heterocycles. The molecule has 0 spiro atoms. The maximum absolute atomic E-state index is 6.12. The normalized spacial score (nSPS) is 16.2. The van der Waals surface area contributed by atoms with Gasteiger partial charge in [0.25, 0.3) is 0 Å². The second-order valence-corrected chi connectivity index (χ2v) is 8.13. The average Bonchev–Trinajstić information content (AvgIpc) is 3.22. The van der Waals surface area contributed by atoms with Crippen LogP contribution in [0.2, 0.25) is 0 Å². The number of nitrogens with zero attached hydrogens (tertiary/aromatic N) is 1. The van der Waals surface area contributed by atoms with Crippen LogP contribution < -0.4 is 0 Å². The third-order valence-electron chi connectivity index (χ3n) is 6.61. The summed E-state index contributed by atoms with van der Waals surface area (Å²) >= 11 is 0. The molecule has 1 saturated carbocycles. The number of benzene rings is 3. The molecular formula is C25H23NO. The molecule has 6 rings (SSSR count). The maximum Gasteiger partial charge on any atom is 0.137 e. The topological polar surface area (TPSA) is 18.1 Å². The fraction of sp³-hybridized carbons (Fsp3) is 0.280. The summed E-state index contributed by atoms with van der Waals surface area (Å²) in [6.07, 6.45) is 6.84. The fourth-order valence-electron chi connectivity index (χ4n) is 5.13. The number of hydrogen-bond acceptors (Lipinski definition) is 1. The Balaban J connectivity index is 1.62. The van der Waals surface area contributed by atoms with Crippen molar-refractivity contribution < 1.29 is 4.42 Å². The predicted octanol–water partition coefficient (Wildman–Crippen LogP) is 7.28. The van der Waals surface area contributed by atoms with Crippen molar-refractivity contribution in [3.05, 3.63) is 60.2 Å². The van der Waals surface area contributed by atoms with Gasteiger partial charge in [0.05, 0.1) is 5.52 Å². The van der Waals surface area contributed by atoms with Gasteiger partial charge in [0.15, 0.2) is 0 Å². The molecule has 1 aliphatic rings. The molecular weight excluding hydrogens is 330 g/mol. The zero-order valence-corrected chi connectivity index (χ0v) is 15.7. The van der Waals surface area contributed by atoms with Crippen molar-refractivity contribution in [2.24, 2.45) is 7.05 Å². The van der Waals surface area contributed by atoms with E-state index in [4.69, 9.17) is 4.42 Å². The SMILES string of the molecule is Cn1c2cc(C3CCCCC3)ccc2c2cc3c(cc21)oc1ccccc13. The first-order valence-electron chi connectivity index (χ1n) is 10.1. The Morgan fingerprint density at radius 3 is 2.44 bits per heavy atom. The van der Waals surface area contributed by atoms with Crippen molar-refractivity contribution >= 4 is 43.7 Å². The van der Waals surface area contributed by atoms with Crippen molar-refractivity contribution in [2.45, 2.75) is 38.0 Å². The van der Waals surface area contributed by atoms with E-state index in [2.05, 4.69) is 60.1 Å². The van der Waals surface area contributed by atoms with Crippen molar-refractivity contribution in [1.82, 2.24) is 4.57 Å². The summed E-state index contributed by atoms with van der Waals surface area (Å²) in [4.78, 5) is 0. The minimum absolute atomic E-state index is 0.737. The van der Waals surface area contributed by atoms with Gasteiger partial charge < -0.3 is 8.98 Å². The van der Waals surface area contributed by atoms with Crippen LogP contribution in [0.15, 0.2) is 59.0 Å². The van der Waals surface area contributed by atoms with Crippen LogP contribution >= 0.6 is 0 Å². The quantitative estimate of drug-likeness (QED) is 0.310. The summed E-state index contributed by atoms with van der Waals surface area (Å²) in [6.45, 7) is 0. The van der Waals surface area contributed by atoms with E-state index in [1.807, 2.05) is 6.07 Å². The molecule has 1 fully saturated rings. The first-order chi connectivity index (χ1) is 13.3. The molecule has 2 heteroatoms. The number of furan rings is 1. The Bertz CT molecular complexity index is 1310. The molecule has 0 radical (unpaired) electrons. The van der Waals surface area contributed by atoms with Crippen LogP contribution in [0.4, 0.5) is 0 Å². The van der Waals surface area contributed by atoms with Crippen LogP contribution in [0.1, 0.15) is 43.6 Å². The molecule has 0 N–H and O–H groups in total. The smallest absolute Gasteiger partial charge is 0.137 e. The lowest BCUT2D eigenvalue weighted by molar-refractivity contribution is 0.444. The minimum atomic E-state index is 0.737. The van der Waals surface area contributed by atoms with E-state index in [1.165, 1.54) is 70.2 Å². The maximum atomic E-state index is 6.12.